The van der Waals surface area contributed by atoms with Gasteiger partial charge >= 0.3 is 0 Å². The Morgan fingerprint density at radius 3 is 1.42 bits per heavy atom. The van der Waals surface area contributed by atoms with Gasteiger partial charge in [-0.05, 0) is 15.6 Å². The van der Waals surface area contributed by atoms with Gasteiger partial charge in [0, 0.05) is 13.1 Å². The maximum Gasteiger partial charge on any atom is 0.244 e. The number of amides is 1. The van der Waals surface area contributed by atoms with E-state index in [0.29, 0.717) is 6.04 Å². The molecule has 3 aromatic rings. The lowest BCUT2D eigenvalue weighted by molar-refractivity contribution is -0.165. The van der Waals surface area contributed by atoms with Crippen LogP contribution < -0.4 is 15.6 Å². The van der Waals surface area contributed by atoms with Crippen LogP contribution in [0.15, 0.2) is 91.0 Å². The zero-order valence-corrected chi connectivity index (χ0v) is 16.1. The summed E-state index contributed by atoms with van der Waals surface area (Å²) in [6.07, 6.45) is 0. The summed E-state index contributed by atoms with van der Waals surface area (Å²) in [5.41, 5.74) is 0. The van der Waals surface area contributed by atoms with E-state index in [-0.39, 0.29) is 5.91 Å². The van der Waals surface area contributed by atoms with Crippen molar-refractivity contribution in [3.05, 3.63) is 91.0 Å². The maximum atomic E-state index is 12.9. The Bertz CT molecular complexity index is 741. The third-order valence-electron chi connectivity index (χ3n) is 4.84. The molecule has 3 aromatic carbocycles. The molecule has 0 fully saturated rings. The van der Waals surface area contributed by atoms with Gasteiger partial charge in [0.15, 0.2) is 8.07 Å². The van der Waals surface area contributed by atoms with Crippen LogP contribution in [0.1, 0.15) is 0 Å². The number of carbonyl (C=O) groups is 1. The van der Waals surface area contributed by atoms with Gasteiger partial charge in [-0.3, -0.25) is 9.63 Å². The zero-order chi connectivity index (χ0) is 18.4. The van der Waals surface area contributed by atoms with Crippen molar-refractivity contribution in [1.82, 2.24) is 5.06 Å². The van der Waals surface area contributed by atoms with E-state index in [1.165, 1.54) is 27.7 Å². The molecule has 0 aliphatic rings. The van der Waals surface area contributed by atoms with E-state index in [4.69, 9.17) is 4.84 Å². The predicted octanol–water partition coefficient (Wildman–Crippen LogP) is 2.18. The molecule has 26 heavy (non-hydrogen) atoms. The number of hydrogen-bond acceptors (Lipinski definition) is 2. The molecular weight excluding hydrogens is 338 g/mol. The van der Waals surface area contributed by atoms with Crippen LogP contribution in [-0.2, 0) is 9.63 Å². The van der Waals surface area contributed by atoms with E-state index < -0.39 is 8.07 Å². The van der Waals surface area contributed by atoms with E-state index in [0.717, 1.165) is 0 Å². The van der Waals surface area contributed by atoms with Crippen molar-refractivity contribution in [2.24, 2.45) is 0 Å². The van der Waals surface area contributed by atoms with Crippen LogP contribution >= 0.6 is 0 Å². The molecule has 0 N–H and O–H groups in total. The Labute approximate surface area is 155 Å². The van der Waals surface area contributed by atoms with Crippen LogP contribution in [0.25, 0.3) is 0 Å². The number of nitrogens with zero attached hydrogens (tertiary/aromatic N) is 1. The molecule has 0 heterocycles. The van der Waals surface area contributed by atoms with E-state index in [1.54, 1.807) is 7.05 Å². The van der Waals surface area contributed by atoms with Crippen LogP contribution in [0.2, 0.25) is 6.04 Å². The second-order valence-electron chi connectivity index (χ2n) is 6.25. The molecule has 132 valence electrons. The summed E-state index contributed by atoms with van der Waals surface area (Å²) in [4.78, 5) is 18.1. The summed E-state index contributed by atoms with van der Waals surface area (Å²) in [5.74, 6) is -0.0178. The zero-order valence-electron chi connectivity index (χ0n) is 15.1. The highest BCUT2D eigenvalue weighted by Gasteiger charge is 2.41. The molecule has 0 aromatic heterocycles. The third-order valence-corrected chi connectivity index (χ3v) is 9.63. The van der Waals surface area contributed by atoms with Crippen LogP contribution in [0, 0.1) is 0 Å². The van der Waals surface area contributed by atoms with E-state index in [1.807, 2.05) is 54.6 Å². The molecule has 0 radical (unpaired) electrons. The quantitative estimate of drug-likeness (QED) is 0.383. The summed E-state index contributed by atoms with van der Waals surface area (Å²) in [7, 11) is 0.654. The van der Waals surface area contributed by atoms with Crippen molar-refractivity contribution >= 4 is 29.5 Å². The molecule has 0 aliphatic heterocycles. The largest absolute Gasteiger partial charge is 0.275 e. The first-order valence-corrected chi connectivity index (χ1v) is 10.9. The van der Waals surface area contributed by atoms with Gasteiger partial charge in [-0.15, -0.1) is 0 Å². The van der Waals surface area contributed by atoms with Gasteiger partial charge < -0.3 is 0 Å². The lowest BCUT2D eigenvalue weighted by atomic mass is 10.3. The number of hydrogen-bond donors (Lipinski definition) is 0. The monoisotopic (exact) mass is 361 g/mol. The minimum atomic E-state index is -2.54. The first-order valence-electron chi connectivity index (χ1n) is 8.65. The Morgan fingerprint density at radius 2 is 1.12 bits per heavy atom. The lowest BCUT2D eigenvalue weighted by Crippen LogP contribution is -2.68. The molecule has 0 bridgehead atoms. The predicted molar refractivity (Wildman–Crippen MR) is 109 cm³/mol. The molecular formula is C22H23NO2Si. The van der Waals surface area contributed by atoms with Gasteiger partial charge in [-0.1, -0.05) is 91.0 Å². The first-order chi connectivity index (χ1) is 12.7. The van der Waals surface area contributed by atoms with Gasteiger partial charge in [0.05, 0.1) is 7.11 Å². The molecule has 0 atom stereocenters. The van der Waals surface area contributed by atoms with Crippen molar-refractivity contribution in [3.8, 4) is 0 Å². The summed E-state index contributed by atoms with van der Waals surface area (Å²) < 4.78 is 0. The van der Waals surface area contributed by atoms with Crippen LogP contribution in [-0.4, -0.2) is 33.2 Å². The number of hydroxylamine groups is 2. The fraction of sp³-hybridized carbons (Fsp3) is 0.136. The van der Waals surface area contributed by atoms with Crippen molar-refractivity contribution in [2.45, 2.75) is 6.04 Å². The second kappa shape index (κ2) is 8.12. The third kappa shape index (κ3) is 3.47. The Balaban J connectivity index is 2.26. The molecule has 0 unspecified atom stereocenters. The molecule has 1 amide bonds. The van der Waals surface area contributed by atoms with Crippen molar-refractivity contribution in [3.63, 3.8) is 0 Å². The smallest absolute Gasteiger partial charge is 0.244 e. The maximum absolute atomic E-state index is 12.9. The SMILES string of the molecule is CON(C)C(=O)C[Si](c1ccccc1)(c1ccccc1)c1ccccc1. The summed E-state index contributed by atoms with van der Waals surface area (Å²) >= 11 is 0. The average molecular weight is 362 g/mol. The summed E-state index contributed by atoms with van der Waals surface area (Å²) in [5, 5.41) is 4.98. The van der Waals surface area contributed by atoms with Gasteiger partial charge in [0.1, 0.15) is 0 Å². The van der Waals surface area contributed by atoms with E-state index in [9.17, 15) is 4.79 Å². The van der Waals surface area contributed by atoms with Crippen LogP contribution in [0.5, 0.6) is 0 Å². The van der Waals surface area contributed by atoms with E-state index in [2.05, 4.69) is 36.4 Å². The van der Waals surface area contributed by atoms with Gasteiger partial charge in [0.2, 0.25) is 5.91 Å². The minimum Gasteiger partial charge on any atom is -0.275 e. The van der Waals surface area contributed by atoms with Crippen LogP contribution in [0.4, 0.5) is 0 Å². The van der Waals surface area contributed by atoms with E-state index >= 15 is 0 Å². The molecule has 3 rings (SSSR count). The first kappa shape index (κ1) is 18.1. The lowest BCUT2D eigenvalue weighted by Gasteiger charge is -2.34. The molecule has 3 nitrogen and oxygen atoms in total. The molecule has 0 spiro atoms. The molecule has 4 heteroatoms. The highest BCUT2D eigenvalue weighted by atomic mass is 28.3. The highest BCUT2D eigenvalue weighted by molar-refractivity contribution is 7.12. The van der Waals surface area contributed by atoms with Crippen molar-refractivity contribution < 1.29 is 9.63 Å². The Kier molecular flexibility index (Phi) is 5.66. The van der Waals surface area contributed by atoms with Gasteiger partial charge in [-0.25, -0.2) is 5.06 Å². The minimum absolute atomic E-state index is 0.0178. The highest BCUT2D eigenvalue weighted by Crippen LogP contribution is 2.14. The normalized spacial score (nSPS) is 11.2. The van der Waals surface area contributed by atoms with Crippen molar-refractivity contribution in [1.29, 1.82) is 0 Å². The van der Waals surface area contributed by atoms with Crippen LogP contribution in [0.3, 0.4) is 0 Å². The molecule has 0 saturated carbocycles. The topological polar surface area (TPSA) is 29.5 Å². The van der Waals surface area contributed by atoms with Gasteiger partial charge in [-0.2, -0.15) is 0 Å². The molecule has 0 saturated heterocycles. The average Bonchev–Trinajstić information content (AvgIpc) is 2.73. The second-order valence-corrected chi connectivity index (χ2v) is 10.2. The fourth-order valence-corrected chi connectivity index (χ4v) is 7.99. The summed E-state index contributed by atoms with van der Waals surface area (Å²) in [6.45, 7) is 0. The summed E-state index contributed by atoms with van der Waals surface area (Å²) in [6, 6.07) is 31.6. The van der Waals surface area contributed by atoms with Gasteiger partial charge in [0.25, 0.3) is 0 Å². The number of benzene rings is 3. The number of rotatable bonds is 6. The van der Waals surface area contributed by atoms with Crippen molar-refractivity contribution in [2.75, 3.05) is 14.2 Å². The standard InChI is InChI=1S/C22H23NO2Si/c1-23(25-2)22(24)18-26(19-12-6-3-7-13-19,20-14-8-4-9-15-20)21-16-10-5-11-17-21/h3-17H,18H2,1-2H3. The molecule has 0 aliphatic carbocycles. The number of carbonyl (C=O) groups excluding carboxylic acids is 1. The Hall–Kier alpha value is -2.69. The fourth-order valence-electron chi connectivity index (χ4n) is 3.41. The Morgan fingerprint density at radius 1 is 0.769 bits per heavy atom.